The number of hydrogen-bond donors (Lipinski definition) is 1. The third-order valence-electron chi connectivity index (χ3n) is 14.6. The second-order valence-corrected chi connectivity index (χ2v) is 19.6. The number of carbonyl (C=O) groups is 4. The van der Waals surface area contributed by atoms with Crippen LogP contribution >= 0.6 is 22.9 Å². The Kier molecular flexibility index (Phi) is 11.5. The molecular weight excluding hydrogens is 916 g/mol. The standard InChI is InChI=1S/C54H49ClN4O9S/c1-28-37-25-32(55)13-21-45(37)69-49(28)41-27-46(57(3)56-41)59-51(62)40-26-38-35(39(54(40,2)53(59)64)19-11-30-22-43(67-6)48(60)44(23-30)68-7)17-18-36-47(38)52(63)58(50(36)61)33-14-9-29(10-15-33)8-12-31-24-34(65-4)16-20-42(31)66-5/h8-17,19-25,27,36,38-40,47,60H,18,26H2,1-7H3/t36-,38+,39-,40-,47-,54-/m0/s1. The molecule has 6 aromatic rings. The molecule has 1 N–H and O–H groups in total. The van der Waals surface area contributed by atoms with Crippen LogP contribution in [0.3, 0.4) is 0 Å². The van der Waals surface area contributed by atoms with Crippen LogP contribution in [0.4, 0.5) is 11.5 Å². The van der Waals surface area contributed by atoms with E-state index in [1.165, 1.54) is 24.0 Å². The lowest BCUT2D eigenvalue weighted by Crippen LogP contribution is -2.49. The van der Waals surface area contributed by atoms with Gasteiger partial charge in [0.05, 0.1) is 62.2 Å². The van der Waals surface area contributed by atoms with Gasteiger partial charge in [0, 0.05) is 34.3 Å². The molecule has 6 atom stereocenters. The number of rotatable bonds is 11. The smallest absolute Gasteiger partial charge is 0.242 e. The van der Waals surface area contributed by atoms with Crippen molar-refractivity contribution in [3.05, 3.63) is 124 Å². The van der Waals surface area contributed by atoms with Gasteiger partial charge in [-0.15, -0.1) is 11.3 Å². The third kappa shape index (κ3) is 7.30. The highest BCUT2D eigenvalue weighted by molar-refractivity contribution is 7.22. The molecule has 4 aromatic carbocycles. The van der Waals surface area contributed by atoms with Crippen molar-refractivity contribution in [2.45, 2.75) is 26.7 Å². The number of ether oxygens (including phenoxy) is 4. The summed E-state index contributed by atoms with van der Waals surface area (Å²) in [4.78, 5) is 63.2. The fraction of sp³-hybridized carbons (Fsp3) is 0.278. The molecule has 2 saturated heterocycles. The van der Waals surface area contributed by atoms with Crippen LogP contribution in [-0.2, 0) is 26.2 Å². The van der Waals surface area contributed by atoms with Crippen LogP contribution in [0.25, 0.3) is 38.9 Å². The molecule has 0 unspecified atom stereocenters. The Hall–Kier alpha value is -7.16. The molecule has 4 heterocycles. The van der Waals surface area contributed by atoms with Crippen molar-refractivity contribution in [2.24, 2.45) is 42.1 Å². The number of phenolic OH excluding ortho intramolecular Hbond substituents is 1. The number of imide groups is 2. The molecule has 2 aliphatic heterocycles. The molecule has 13 nitrogen and oxygen atoms in total. The Labute approximate surface area is 407 Å². The molecule has 2 aliphatic carbocycles. The second-order valence-electron chi connectivity index (χ2n) is 18.1. The van der Waals surface area contributed by atoms with E-state index < -0.39 is 46.8 Å². The summed E-state index contributed by atoms with van der Waals surface area (Å²) < 4.78 is 24.4. The molecule has 10 rings (SSSR count). The minimum absolute atomic E-state index is 0.158. The van der Waals surface area contributed by atoms with E-state index in [0.717, 1.165) is 37.2 Å². The normalized spacial score (nSPS) is 23.2. The van der Waals surface area contributed by atoms with Crippen molar-refractivity contribution in [3.8, 4) is 39.3 Å². The number of hydrogen-bond acceptors (Lipinski definition) is 11. The maximum atomic E-state index is 15.3. The van der Waals surface area contributed by atoms with E-state index in [9.17, 15) is 14.7 Å². The first-order chi connectivity index (χ1) is 33.2. The summed E-state index contributed by atoms with van der Waals surface area (Å²) in [6.07, 6.45) is 10.0. The predicted molar refractivity (Wildman–Crippen MR) is 267 cm³/mol. The van der Waals surface area contributed by atoms with Gasteiger partial charge in [0.1, 0.15) is 23.0 Å². The number of methoxy groups -OCH3 is 4. The molecule has 2 aromatic heterocycles. The Morgan fingerprint density at radius 3 is 2.20 bits per heavy atom. The van der Waals surface area contributed by atoms with Crippen molar-refractivity contribution in [1.29, 1.82) is 0 Å². The van der Waals surface area contributed by atoms with Gasteiger partial charge in [-0.3, -0.25) is 28.8 Å². The van der Waals surface area contributed by atoms with E-state index in [2.05, 4.69) is 0 Å². The summed E-state index contributed by atoms with van der Waals surface area (Å²) >= 11 is 7.93. The van der Waals surface area contributed by atoms with E-state index in [0.29, 0.717) is 39.3 Å². The van der Waals surface area contributed by atoms with E-state index in [1.54, 1.807) is 67.6 Å². The van der Waals surface area contributed by atoms with Gasteiger partial charge in [0.15, 0.2) is 11.5 Å². The van der Waals surface area contributed by atoms with Crippen LogP contribution < -0.4 is 28.7 Å². The van der Waals surface area contributed by atoms with E-state index in [4.69, 9.17) is 35.6 Å². The molecule has 15 heteroatoms. The second kappa shape index (κ2) is 17.4. The van der Waals surface area contributed by atoms with Crippen molar-refractivity contribution in [3.63, 3.8) is 0 Å². The molecule has 0 radical (unpaired) electrons. The maximum Gasteiger partial charge on any atom is 0.242 e. The molecule has 0 spiro atoms. The molecule has 1 saturated carbocycles. The molecule has 3 fully saturated rings. The van der Waals surface area contributed by atoms with Gasteiger partial charge < -0.3 is 24.1 Å². The number of fused-ring (bicyclic) bond motifs is 5. The fourth-order valence-corrected chi connectivity index (χ4v) is 12.3. The van der Waals surface area contributed by atoms with Crippen LogP contribution in [0.1, 0.15) is 42.0 Å². The zero-order valence-corrected chi connectivity index (χ0v) is 40.6. The van der Waals surface area contributed by atoms with Crippen molar-refractivity contribution in [1.82, 2.24) is 9.78 Å². The zero-order valence-electron chi connectivity index (χ0n) is 39.0. The number of benzene rings is 4. The Balaban J connectivity index is 1.01. The zero-order chi connectivity index (χ0) is 48.6. The first-order valence-electron chi connectivity index (χ1n) is 22.5. The van der Waals surface area contributed by atoms with E-state index in [1.807, 2.05) is 92.8 Å². The SMILES string of the molecule is COc1ccc(OC)c(C=Cc2ccc(N3C(=O)[C@H]4[C@H](CC=C5[C@H]4C[C@H]4C(=O)N(c6cc(-c7sc8ccc(Cl)cc8c7C)nn6C)C(=O)[C@@]4(C)[C@H]5C=Cc4cc(OC)c(O)c(OC)c4)C3=O)cc2)c1. The van der Waals surface area contributed by atoms with Crippen LogP contribution in [0.5, 0.6) is 28.7 Å². The van der Waals surface area contributed by atoms with Crippen LogP contribution in [0, 0.1) is 41.9 Å². The summed E-state index contributed by atoms with van der Waals surface area (Å²) in [6, 6.07) is 23.6. The summed E-state index contributed by atoms with van der Waals surface area (Å²) in [5.74, 6) is -3.00. The minimum Gasteiger partial charge on any atom is -0.502 e. The van der Waals surface area contributed by atoms with E-state index >= 15 is 9.59 Å². The number of nitrogens with zero attached hydrogens (tertiary/aromatic N) is 4. The molecule has 0 bridgehead atoms. The predicted octanol–water partition coefficient (Wildman–Crippen LogP) is 10.2. The Bertz CT molecular complexity index is 3200. The first-order valence-corrected chi connectivity index (χ1v) is 23.7. The van der Waals surface area contributed by atoms with E-state index in [-0.39, 0.29) is 41.9 Å². The number of allylic oxidation sites excluding steroid dienone is 3. The number of aromatic nitrogens is 2. The quantitative estimate of drug-likeness (QED) is 0.0755. The van der Waals surface area contributed by atoms with Gasteiger partial charge in [-0.2, -0.15) is 5.10 Å². The number of aromatic hydroxyl groups is 1. The monoisotopic (exact) mass is 964 g/mol. The van der Waals surface area contributed by atoms with Gasteiger partial charge in [0.25, 0.3) is 0 Å². The van der Waals surface area contributed by atoms with Gasteiger partial charge >= 0.3 is 0 Å². The highest BCUT2D eigenvalue weighted by Crippen LogP contribution is 2.61. The topological polar surface area (TPSA) is 150 Å². The highest BCUT2D eigenvalue weighted by Gasteiger charge is 2.67. The largest absolute Gasteiger partial charge is 0.502 e. The van der Waals surface area contributed by atoms with Gasteiger partial charge in [-0.1, -0.05) is 59.7 Å². The van der Waals surface area contributed by atoms with Crippen molar-refractivity contribution >= 4 is 86.4 Å². The third-order valence-corrected chi connectivity index (χ3v) is 16.1. The highest BCUT2D eigenvalue weighted by atomic mass is 35.5. The van der Waals surface area contributed by atoms with Gasteiger partial charge in [-0.25, -0.2) is 4.90 Å². The van der Waals surface area contributed by atoms with Crippen molar-refractivity contribution in [2.75, 3.05) is 38.2 Å². The number of thiophene rings is 1. The average Bonchev–Trinajstić information content (AvgIpc) is 4.03. The maximum absolute atomic E-state index is 15.3. The number of phenols is 1. The molecule has 4 amide bonds. The first kappa shape index (κ1) is 45.6. The summed E-state index contributed by atoms with van der Waals surface area (Å²) in [5.41, 5.74) is 3.86. The Morgan fingerprint density at radius 1 is 0.783 bits per heavy atom. The minimum atomic E-state index is -1.30. The summed E-state index contributed by atoms with van der Waals surface area (Å²) in [5, 5.41) is 17.2. The van der Waals surface area contributed by atoms with Gasteiger partial charge in [0.2, 0.25) is 29.4 Å². The van der Waals surface area contributed by atoms with Gasteiger partial charge in [-0.05, 0) is 115 Å². The fourth-order valence-electron chi connectivity index (χ4n) is 11.0. The Morgan fingerprint density at radius 2 is 1.51 bits per heavy atom. The van der Waals surface area contributed by atoms with Crippen LogP contribution in [0.2, 0.25) is 5.02 Å². The molecular formula is C54H49ClN4O9S. The van der Waals surface area contributed by atoms with Crippen LogP contribution in [-0.4, -0.2) is 67.0 Å². The average molecular weight is 966 g/mol. The number of aryl methyl sites for hydroxylation is 2. The number of amides is 4. The number of halogens is 1. The lowest BCUT2D eigenvalue weighted by atomic mass is 9.52. The lowest BCUT2D eigenvalue weighted by Gasteiger charge is -2.47. The van der Waals surface area contributed by atoms with Crippen LogP contribution in [0.15, 0.2) is 96.6 Å². The number of anilines is 2. The summed E-state index contributed by atoms with van der Waals surface area (Å²) in [7, 11) is 7.81. The molecule has 4 aliphatic rings. The van der Waals surface area contributed by atoms with Crippen molar-refractivity contribution < 1.29 is 43.2 Å². The molecule has 69 heavy (non-hydrogen) atoms. The lowest BCUT2D eigenvalue weighted by molar-refractivity contribution is -0.132. The molecule has 352 valence electrons. The number of carbonyl (C=O) groups excluding carboxylic acids is 4. The summed E-state index contributed by atoms with van der Waals surface area (Å²) in [6.45, 7) is 3.84.